The van der Waals surface area contributed by atoms with E-state index in [0.717, 1.165) is 49.5 Å². The second-order valence-corrected chi connectivity index (χ2v) is 8.41. The molecule has 1 aromatic carbocycles. The molecule has 2 bridgehead atoms. The standard InChI is InChI=1S/C24H37N3O6/c1-2-26-11-10-25-22(26)16-27-15-20(29)23(31)24(21(30)17-28)33-13-6-4-3-5-12-32-19-9-7-8-18(27)14-19/h7-11,14,20-21,23-24,28-31H,2-6,12-13,15-17H2,1H3/t20-,21-,23-,24-/m1/s1. The SMILES string of the molecule is CCn1ccnc1CN1C[C@@H](O)[C@@H](O)[C@@H]([C@H](O)CO)OCCCCCCOc2cccc1c2. The van der Waals surface area contributed by atoms with Crippen LogP contribution in [0.3, 0.4) is 0 Å². The molecule has 0 saturated heterocycles. The van der Waals surface area contributed by atoms with Crippen molar-refractivity contribution >= 4 is 5.69 Å². The van der Waals surface area contributed by atoms with Crippen LogP contribution in [0, 0.1) is 0 Å². The van der Waals surface area contributed by atoms with E-state index in [2.05, 4.69) is 4.98 Å². The van der Waals surface area contributed by atoms with Crippen LogP contribution in [0.5, 0.6) is 5.75 Å². The van der Waals surface area contributed by atoms with E-state index in [1.165, 1.54) is 0 Å². The Labute approximate surface area is 195 Å². The minimum absolute atomic E-state index is 0.0687. The highest BCUT2D eigenvalue weighted by Crippen LogP contribution is 2.25. The third kappa shape index (κ3) is 7.15. The molecule has 0 fully saturated rings. The number of aryl methyl sites for hydroxylation is 1. The van der Waals surface area contributed by atoms with Gasteiger partial charge in [0, 0.05) is 43.8 Å². The van der Waals surface area contributed by atoms with E-state index in [0.29, 0.717) is 19.8 Å². The Hall–Kier alpha value is -2.17. The van der Waals surface area contributed by atoms with Gasteiger partial charge < -0.3 is 39.4 Å². The summed E-state index contributed by atoms with van der Waals surface area (Å²) in [6.45, 7) is 3.63. The maximum absolute atomic E-state index is 10.9. The Morgan fingerprint density at radius 1 is 1.15 bits per heavy atom. The van der Waals surface area contributed by atoms with Gasteiger partial charge in [-0.2, -0.15) is 0 Å². The lowest BCUT2D eigenvalue weighted by Crippen LogP contribution is -2.51. The third-order valence-corrected chi connectivity index (χ3v) is 5.98. The van der Waals surface area contributed by atoms with Gasteiger partial charge in [0.05, 0.1) is 25.9 Å². The van der Waals surface area contributed by atoms with Gasteiger partial charge >= 0.3 is 0 Å². The molecule has 9 heteroatoms. The third-order valence-electron chi connectivity index (χ3n) is 5.98. The van der Waals surface area contributed by atoms with Gasteiger partial charge in [-0.3, -0.25) is 0 Å². The Balaban J connectivity index is 1.89. The Morgan fingerprint density at radius 2 is 1.94 bits per heavy atom. The number of ether oxygens (including phenoxy) is 2. The molecular weight excluding hydrogens is 426 g/mol. The van der Waals surface area contributed by atoms with Gasteiger partial charge in [-0.15, -0.1) is 0 Å². The summed E-state index contributed by atoms with van der Waals surface area (Å²) in [5, 5.41) is 41.5. The Morgan fingerprint density at radius 3 is 2.70 bits per heavy atom. The molecule has 0 unspecified atom stereocenters. The van der Waals surface area contributed by atoms with Crippen molar-refractivity contribution < 1.29 is 29.9 Å². The fraction of sp³-hybridized carbons (Fsp3) is 0.625. The van der Waals surface area contributed by atoms with Gasteiger partial charge in [-0.1, -0.05) is 12.5 Å². The summed E-state index contributed by atoms with van der Waals surface area (Å²) in [4.78, 5) is 6.37. The highest BCUT2D eigenvalue weighted by molar-refractivity contribution is 5.51. The molecule has 1 aliphatic rings. The zero-order valence-electron chi connectivity index (χ0n) is 19.3. The van der Waals surface area contributed by atoms with Gasteiger partial charge in [-0.25, -0.2) is 4.98 Å². The highest BCUT2D eigenvalue weighted by atomic mass is 16.5. The van der Waals surface area contributed by atoms with E-state index in [4.69, 9.17) is 9.47 Å². The zero-order chi connectivity index (χ0) is 23.6. The number of imidazole rings is 1. The van der Waals surface area contributed by atoms with Crippen LogP contribution in [0.15, 0.2) is 36.7 Å². The smallest absolute Gasteiger partial charge is 0.128 e. The average molecular weight is 464 g/mol. The molecule has 9 nitrogen and oxygen atoms in total. The fourth-order valence-electron chi connectivity index (χ4n) is 4.04. The molecule has 184 valence electrons. The number of nitrogens with zero attached hydrogens (tertiary/aromatic N) is 3. The lowest BCUT2D eigenvalue weighted by molar-refractivity contribution is -0.141. The number of β-amino-alcohol motifs (C(OH)–C–C–N with tert-alkyl or cyclic N) is 1. The highest BCUT2D eigenvalue weighted by Gasteiger charge is 2.34. The summed E-state index contributed by atoms with van der Waals surface area (Å²) in [5.41, 5.74) is 0.816. The molecule has 1 aromatic heterocycles. The number of anilines is 1. The van der Waals surface area contributed by atoms with Crippen molar-refractivity contribution in [2.24, 2.45) is 0 Å². The summed E-state index contributed by atoms with van der Waals surface area (Å²) in [7, 11) is 0. The minimum atomic E-state index is -1.38. The second-order valence-electron chi connectivity index (χ2n) is 8.41. The molecule has 2 aromatic rings. The number of aliphatic hydroxyl groups excluding tert-OH is 4. The summed E-state index contributed by atoms with van der Waals surface area (Å²) in [6, 6.07) is 7.65. The maximum atomic E-state index is 10.9. The van der Waals surface area contributed by atoms with Crippen LogP contribution in [-0.4, -0.2) is 80.8 Å². The molecule has 2 heterocycles. The lowest BCUT2D eigenvalue weighted by atomic mass is 10.0. The molecular formula is C24H37N3O6. The number of aliphatic hydroxyl groups is 4. The number of rotatable bonds is 5. The summed E-state index contributed by atoms with van der Waals surface area (Å²) >= 11 is 0. The fourth-order valence-corrected chi connectivity index (χ4v) is 4.04. The number of benzene rings is 1. The van der Waals surface area contributed by atoms with Gasteiger partial charge in [0.2, 0.25) is 0 Å². The average Bonchev–Trinajstić information content (AvgIpc) is 3.28. The topological polar surface area (TPSA) is 120 Å². The van der Waals surface area contributed by atoms with Crippen LogP contribution < -0.4 is 9.64 Å². The van der Waals surface area contributed by atoms with Gasteiger partial charge in [-0.05, 0) is 38.3 Å². The number of hydrogen-bond acceptors (Lipinski definition) is 8. The van der Waals surface area contributed by atoms with Gasteiger partial charge in [0.25, 0.3) is 0 Å². The predicted octanol–water partition coefficient (Wildman–Crippen LogP) is 1.32. The molecule has 0 saturated carbocycles. The van der Waals surface area contributed by atoms with Crippen molar-refractivity contribution in [3.63, 3.8) is 0 Å². The molecule has 0 amide bonds. The predicted molar refractivity (Wildman–Crippen MR) is 124 cm³/mol. The van der Waals surface area contributed by atoms with Crippen LogP contribution in [0.4, 0.5) is 5.69 Å². The van der Waals surface area contributed by atoms with E-state index in [1.807, 2.05) is 46.9 Å². The molecule has 0 aliphatic carbocycles. The monoisotopic (exact) mass is 463 g/mol. The quantitative estimate of drug-likeness (QED) is 0.524. The van der Waals surface area contributed by atoms with Crippen molar-refractivity contribution in [1.82, 2.24) is 9.55 Å². The number of hydrogen-bond donors (Lipinski definition) is 4. The first-order valence-electron chi connectivity index (χ1n) is 11.8. The van der Waals surface area contributed by atoms with Crippen molar-refractivity contribution in [3.05, 3.63) is 42.5 Å². The van der Waals surface area contributed by atoms with E-state index < -0.39 is 31.0 Å². The largest absolute Gasteiger partial charge is 0.494 e. The first kappa shape index (κ1) is 25.5. The second kappa shape index (κ2) is 12.9. The first-order valence-corrected chi connectivity index (χ1v) is 11.8. The molecule has 1 aliphatic heterocycles. The Bertz CT molecular complexity index is 832. The summed E-state index contributed by atoms with van der Waals surface area (Å²) in [6.07, 6.45) is 2.18. The van der Waals surface area contributed by atoms with Crippen molar-refractivity contribution in [1.29, 1.82) is 0 Å². The summed E-state index contributed by atoms with van der Waals surface area (Å²) in [5.74, 6) is 1.57. The number of fused-ring (bicyclic) bond motifs is 2. The van der Waals surface area contributed by atoms with E-state index >= 15 is 0 Å². The Kier molecular flexibility index (Phi) is 9.95. The van der Waals surface area contributed by atoms with Crippen LogP contribution in [0.1, 0.15) is 38.4 Å². The lowest BCUT2D eigenvalue weighted by Gasteiger charge is -2.33. The van der Waals surface area contributed by atoms with Crippen molar-refractivity contribution in [3.8, 4) is 5.75 Å². The first-order chi connectivity index (χ1) is 16.0. The molecule has 0 radical (unpaired) electrons. The van der Waals surface area contributed by atoms with E-state index in [1.54, 1.807) is 6.20 Å². The minimum Gasteiger partial charge on any atom is -0.494 e. The van der Waals surface area contributed by atoms with Crippen molar-refractivity contribution in [2.45, 2.75) is 70.1 Å². The normalized spacial score (nSPS) is 24.3. The zero-order valence-corrected chi connectivity index (χ0v) is 19.3. The van der Waals surface area contributed by atoms with Crippen LogP contribution in [0.2, 0.25) is 0 Å². The van der Waals surface area contributed by atoms with Gasteiger partial charge in [0.15, 0.2) is 0 Å². The molecule has 4 atom stereocenters. The van der Waals surface area contributed by atoms with Gasteiger partial charge in [0.1, 0.15) is 29.9 Å². The molecule has 0 spiro atoms. The molecule has 3 rings (SSSR count). The van der Waals surface area contributed by atoms with Crippen LogP contribution >= 0.6 is 0 Å². The van der Waals surface area contributed by atoms with Crippen LogP contribution in [-0.2, 0) is 17.8 Å². The van der Waals surface area contributed by atoms with E-state index in [-0.39, 0.29) is 6.54 Å². The van der Waals surface area contributed by atoms with Crippen LogP contribution in [0.25, 0.3) is 0 Å². The summed E-state index contributed by atoms with van der Waals surface area (Å²) < 4.78 is 13.7. The van der Waals surface area contributed by atoms with E-state index in [9.17, 15) is 20.4 Å². The maximum Gasteiger partial charge on any atom is 0.128 e. The molecule has 33 heavy (non-hydrogen) atoms. The van der Waals surface area contributed by atoms with Crippen molar-refractivity contribution in [2.75, 3.05) is 31.3 Å². The number of aromatic nitrogens is 2. The molecule has 4 N–H and O–H groups in total.